The molecule has 1 aliphatic heterocycles. The number of piperidine rings is 1. The summed E-state index contributed by atoms with van der Waals surface area (Å²) in [5.74, 6) is -0.753. The van der Waals surface area contributed by atoms with E-state index in [-0.39, 0.29) is 49.4 Å². The summed E-state index contributed by atoms with van der Waals surface area (Å²) in [6, 6.07) is 14.4. The van der Waals surface area contributed by atoms with Crippen molar-refractivity contribution in [1.82, 2.24) is 46.5 Å². The molecular formula is C42H51FN10O7. The summed E-state index contributed by atoms with van der Waals surface area (Å²) < 4.78 is 20.0. The van der Waals surface area contributed by atoms with Crippen LogP contribution in [0.2, 0.25) is 0 Å². The zero-order chi connectivity index (χ0) is 43.0. The van der Waals surface area contributed by atoms with E-state index in [1.807, 2.05) is 52.0 Å². The highest BCUT2D eigenvalue weighted by Gasteiger charge is 2.33. The van der Waals surface area contributed by atoms with Gasteiger partial charge >= 0.3 is 12.2 Å². The molecule has 3 heterocycles. The van der Waals surface area contributed by atoms with Crippen LogP contribution in [0.4, 0.5) is 19.7 Å². The van der Waals surface area contributed by atoms with Crippen LogP contribution in [-0.2, 0) is 20.7 Å². The summed E-state index contributed by atoms with van der Waals surface area (Å²) in [6.45, 7) is 7.53. The number of ether oxygens (including phenoxy) is 1. The molecule has 6 N–H and O–H groups in total. The topological polar surface area (TPSA) is 234 Å². The molecule has 60 heavy (non-hydrogen) atoms. The Morgan fingerprint density at radius 3 is 2.30 bits per heavy atom. The molecule has 0 radical (unpaired) electrons. The first kappa shape index (κ1) is 43.1. The van der Waals surface area contributed by atoms with Gasteiger partial charge in [0.25, 0.3) is 5.91 Å². The Kier molecular flexibility index (Phi) is 13.7. The monoisotopic (exact) mass is 826 g/mol. The van der Waals surface area contributed by atoms with Crippen molar-refractivity contribution in [2.75, 3.05) is 25.0 Å². The van der Waals surface area contributed by atoms with Gasteiger partial charge in [-0.3, -0.25) is 19.4 Å². The summed E-state index contributed by atoms with van der Waals surface area (Å²) in [4.78, 5) is 69.2. The van der Waals surface area contributed by atoms with Crippen LogP contribution in [-0.4, -0.2) is 109 Å². The lowest BCUT2D eigenvalue weighted by Crippen LogP contribution is -2.53. The molecule has 6 rings (SSSR count). The molecule has 0 spiro atoms. The molecule has 2 aromatic carbocycles. The Balaban J connectivity index is 1.09. The van der Waals surface area contributed by atoms with Crippen molar-refractivity contribution >= 4 is 35.6 Å². The zero-order valence-corrected chi connectivity index (χ0v) is 34.0. The molecule has 1 saturated heterocycles. The number of carboxylic acid groups (broad SMARTS) is 1. The number of nitrogens with one attached hydrogen (secondary N) is 5. The highest BCUT2D eigenvalue weighted by Crippen LogP contribution is 2.30. The van der Waals surface area contributed by atoms with Gasteiger partial charge in [-0.05, 0) is 123 Å². The maximum absolute atomic E-state index is 14.6. The number of hydrogen-bond acceptors (Lipinski definition) is 10. The van der Waals surface area contributed by atoms with Crippen molar-refractivity contribution in [2.45, 2.75) is 90.1 Å². The number of aromatic amines is 1. The minimum Gasteiger partial charge on any atom is -0.465 e. The first-order valence-corrected chi connectivity index (χ1v) is 20.0. The molecule has 318 valence electrons. The molecule has 1 aliphatic carbocycles. The lowest BCUT2D eigenvalue weighted by Gasteiger charge is -2.33. The Bertz CT molecular complexity index is 2140. The number of alkyl carbamates (subject to hydrolysis) is 1. The van der Waals surface area contributed by atoms with E-state index in [2.05, 4.69) is 46.9 Å². The molecule has 2 aliphatic rings. The van der Waals surface area contributed by atoms with Crippen molar-refractivity contribution in [2.24, 2.45) is 11.8 Å². The maximum atomic E-state index is 14.6. The number of H-pyrrole nitrogens is 1. The number of aryl methyl sites for hydroxylation is 1. The number of rotatable bonds is 12. The average molecular weight is 827 g/mol. The number of hydrogen-bond donors (Lipinski definition) is 6. The Hall–Kier alpha value is -6.46. The molecule has 17 nitrogen and oxygen atoms in total. The van der Waals surface area contributed by atoms with E-state index in [4.69, 9.17) is 9.84 Å². The summed E-state index contributed by atoms with van der Waals surface area (Å²) in [5.41, 5.74) is 3.90. The lowest BCUT2D eigenvalue weighted by molar-refractivity contribution is -0.130. The predicted octanol–water partition coefficient (Wildman–Crippen LogP) is 5.05. The number of anilines is 1. The summed E-state index contributed by atoms with van der Waals surface area (Å²) in [7, 11) is 0. The molecule has 4 aromatic rings. The van der Waals surface area contributed by atoms with Gasteiger partial charge in [0, 0.05) is 48.4 Å². The molecule has 2 fully saturated rings. The van der Waals surface area contributed by atoms with Gasteiger partial charge in [0.05, 0.1) is 12.6 Å². The molecule has 18 heteroatoms. The standard InChI is InChI=1S/C42H51FN10O7/c1-24-19-34(38(55)47-33-17-18-53(41(58)59)23-32(33)43)44-22-31(24)27-9-5-25(6-10-27)20-35(39(56)46-30-15-13-28(14-16-30)36-49-51-52-50-36)48-37(54)29-11-7-26(8-12-29)21-45-40(57)60-42(2,3)4/h5-6,9-10,13-16,19,22,26,29,32-33,35H,7-8,11-12,17-18,20-21,23H2,1-4H3,(H,45,57)(H,46,56)(H,47,55)(H,48,54)(H,58,59)(H,49,50,51,52)/t26-,29-,32?,33?,35-/m0/s1. The number of benzene rings is 2. The van der Waals surface area contributed by atoms with E-state index in [9.17, 15) is 28.4 Å². The van der Waals surface area contributed by atoms with Gasteiger partial charge in [-0.1, -0.05) is 24.3 Å². The fourth-order valence-electron chi connectivity index (χ4n) is 7.41. The van der Waals surface area contributed by atoms with Crippen LogP contribution in [0, 0.1) is 18.8 Å². The second-order valence-electron chi connectivity index (χ2n) is 16.4. The Morgan fingerprint density at radius 1 is 0.983 bits per heavy atom. The molecule has 0 bridgehead atoms. The van der Waals surface area contributed by atoms with E-state index in [1.54, 1.807) is 36.5 Å². The summed E-state index contributed by atoms with van der Waals surface area (Å²) >= 11 is 0. The van der Waals surface area contributed by atoms with E-state index in [0.717, 1.165) is 45.6 Å². The minimum absolute atomic E-state index is 0.112. The third-order valence-electron chi connectivity index (χ3n) is 10.7. The van der Waals surface area contributed by atoms with Gasteiger partial charge in [-0.25, -0.2) is 19.1 Å². The first-order chi connectivity index (χ1) is 28.6. The number of halogens is 1. The Labute approximate surface area is 346 Å². The summed E-state index contributed by atoms with van der Waals surface area (Å²) in [5, 5.41) is 34.4. The molecule has 1 saturated carbocycles. The smallest absolute Gasteiger partial charge is 0.407 e. The van der Waals surface area contributed by atoms with Crippen LogP contribution in [0.15, 0.2) is 60.8 Å². The normalized spacial score (nSPS) is 19.7. The molecule has 3 atom stereocenters. The van der Waals surface area contributed by atoms with Gasteiger partial charge in [0.15, 0.2) is 5.82 Å². The van der Waals surface area contributed by atoms with E-state index in [0.29, 0.717) is 30.9 Å². The first-order valence-electron chi connectivity index (χ1n) is 20.0. The van der Waals surface area contributed by atoms with Gasteiger partial charge in [0.1, 0.15) is 23.5 Å². The minimum atomic E-state index is -1.53. The second-order valence-corrected chi connectivity index (χ2v) is 16.4. The van der Waals surface area contributed by atoms with E-state index < -0.39 is 47.9 Å². The number of carbonyl (C=O) groups is 5. The third-order valence-corrected chi connectivity index (χ3v) is 10.7. The molecule has 2 aromatic heterocycles. The third kappa shape index (κ3) is 11.6. The Morgan fingerprint density at radius 2 is 1.68 bits per heavy atom. The highest BCUT2D eigenvalue weighted by atomic mass is 19.1. The van der Waals surface area contributed by atoms with Crippen LogP contribution < -0.4 is 21.3 Å². The number of likely N-dealkylation sites (tertiary alicyclic amines) is 1. The number of tetrazole rings is 1. The lowest BCUT2D eigenvalue weighted by atomic mass is 9.81. The highest BCUT2D eigenvalue weighted by molar-refractivity contribution is 5.98. The van der Waals surface area contributed by atoms with Gasteiger partial charge in [-0.15, -0.1) is 5.10 Å². The van der Waals surface area contributed by atoms with Crippen LogP contribution in [0.1, 0.15) is 74.5 Å². The van der Waals surface area contributed by atoms with Crippen molar-refractivity contribution in [1.29, 1.82) is 0 Å². The van der Waals surface area contributed by atoms with Crippen LogP contribution in [0.25, 0.3) is 22.5 Å². The summed E-state index contributed by atoms with van der Waals surface area (Å²) in [6.07, 6.45) is 1.44. The van der Waals surface area contributed by atoms with Gasteiger partial charge in [0.2, 0.25) is 11.8 Å². The number of aromatic nitrogens is 5. The van der Waals surface area contributed by atoms with Gasteiger partial charge < -0.3 is 36.0 Å². The maximum Gasteiger partial charge on any atom is 0.407 e. The largest absolute Gasteiger partial charge is 0.465 e. The van der Waals surface area contributed by atoms with Crippen LogP contribution >= 0.6 is 0 Å². The number of amides is 5. The number of alkyl halides is 1. The van der Waals surface area contributed by atoms with Crippen molar-refractivity contribution in [3.05, 3.63) is 77.6 Å². The van der Waals surface area contributed by atoms with Crippen LogP contribution in [0.5, 0.6) is 0 Å². The fraction of sp³-hybridized carbons (Fsp3) is 0.452. The number of nitrogens with zero attached hydrogens (tertiary/aromatic N) is 5. The van der Waals surface area contributed by atoms with E-state index in [1.165, 1.54) is 0 Å². The molecule has 5 amide bonds. The van der Waals surface area contributed by atoms with Crippen molar-refractivity contribution in [3.63, 3.8) is 0 Å². The van der Waals surface area contributed by atoms with Crippen LogP contribution in [0.3, 0.4) is 0 Å². The molecular weight excluding hydrogens is 776 g/mol. The quantitative estimate of drug-likeness (QED) is 0.111. The predicted molar refractivity (Wildman–Crippen MR) is 218 cm³/mol. The number of pyridine rings is 1. The SMILES string of the molecule is Cc1cc(C(=O)NC2CCN(C(=O)O)CC2F)ncc1-c1ccc(C[C@H](NC(=O)[C@H]2CC[C@H](CNC(=O)OC(C)(C)C)CC2)C(=O)Nc2ccc(-c3nnn[nH]3)cc2)cc1. The fourth-order valence-corrected chi connectivity index (χ4v) is 7.41. The zero-order valence-electron chi connectivity index (χ0n) is 34.0. The van der Waals surface area contributed by atoms with E-state index >= 15 is 0 Å². The average Bonchev–Trinajstić information content (AvgIpc) is 3.76. The molecule has 2 unspecified atom stereocenters. The second kappa shape index (κ2) is 19.1. The number of carbonyl (C=O) groups excluding carboxylic acids is 4. The van der Waals surface area contributed by atoms with Crippen molar-refractivity contribution in [3.8, 4) is 22.5 Å². The van der Waals surface area contributed by atoms with Crippen molar-refractivity contribution < 1.29 is 38.2 Å². The van der Waals surface area contributed by atoms with Gasteiger partial charge in [-0.2, -0.15) is 0 Å².